The Kier molecular flexibility index (Phi) is 5.22. The number of carbonyl (C=O) groups excluding carboxylic acids is 1. The average molecular weight is 341 g/mol. The van der Waals surface area contributed by atoms with Crippen LogP contribution in [-0.4, -0.2) is 17.0 Å². The number of amides is 1. The number of hydrogen-bond acceptors (Lipinski definition) is 3. The van der Waals surface area contributed by atoms with E-state index in [1.54, 1.807) is 24.3 Å². The molecule has 25 heavy (non-hydrogen) atoms. The van der Waals surface area contributed by atoms with Crippen LogP contribution in [0.15, 0.2) is 34.7 Å². The summed E-state index contributed by atoms with van der Waals surface area (Å²) in [5, 5.41) is 11.6. The van der Waals surface area contributed by atoms with Crippen molar-refractivity contribution in [2.24, 2.45) is 0 Å². The molecule has 3 rings (SSSR count). The topological polar surface area (TPSA) is 79.5 Å². The van der Waals surface area contributed by atoms with E-state index in [-0.39, 0.29) is 12.3 Å². The van der Waals surface area contributed by atoms with Gasteiger partial charge >= 0.3 is 5.97 Å². The van der Waals surface area contributed by atoms with Crippen molar-refractivity contribution in [3.8, 4) is 0 Å². The van der Waals surface area contributed by atoms with Gasteiger partial charge in [-0.25, -0.2) is 0 Å². The second-order valence-corrected chi connectivity index (χ2v) is 6.72. The minimum absolute atomic E-state index is 0.0315. The maximum Gasteiger partial charge on any atom is 0.307 e. The Bertz CT molecular complexity index is 755. The van der Waals surface area contributed by atoms with Gasteiger partial charge in [0.1, 0.15) is 5.76 Å². The number of hydrogen-bond donors (Lipinski definition) is 2. The molecule has 0 saturated heterocycles. The number of nitrogens with one attached hydrogen (secondary N) is 1. The molecule has 0 radical (unpaired) electrons. The maximum absolute atomic E-state index is 12.5. The fourth-order valence-corrected chi connectivity index (χ4v) is 3.39. The first-order valence-corrected chi connectivity index (χ1v) is 8.75. The fraction of sp³-hybridized carbons (Fsp3) is 0.400. The number of aryl methyl sites for hydroxylation is 1. The molecular formula is C20H23NO4. The van der Waals surface area contributed by atoms with Gasteiger partial charge in [-0.3, -0.25) is 9.59 Å². The second-order valence-electron chi connectivity index (χ2n) is 6.72. The number of benzene rings is 1. The van der Waals surface area contributed by atoms with Crippen molar-refractivity contribution in [3.63, 3.8) is 0 Å². The van der Waals surface area contributed by atoms with Crippen LogP contribution >= 0.6 is 0 Å². The molecule has 2 aromatic rings. The minimum Gasteiger partial charge on any atom is -0.481 e. The number of rotatable bonds is 5. The molecule has 1 aromatic heterocycles. The Labute approximate surface area is 147 Å². The van der Waals surface area contributed by atoms with Gasteiger partial charge in [0.15, 0.2) is 5.76 Å². The van der Waals surface area contributed by atoms with Crippen LogP contribution < -0.4 is 5.32 Å². The predicted molar refractivity (Wildman–Crippen MR) is 95.0 cm³/mol. The summed E-state index contributed by atoms with van der Waals surface area (Å²) in [4.78, 5) is 23.2. The van der Waals surface area contributed by atoms with Crippen LogP contribution in [0.25, 0.3) is 0 Å². The molecule has 0 atom stereocenters. The summed E-state index contributed by atoms with van der Waals surface area (Å²) >= 11 is 0. The molecule has 0 spiro atoms. The van der Waals surface area contributed by atoms with E-state index < -0.39 is 5.97 Å². The van der Waals surface area contributed by atoms with E-state index in [4.69, 9.17) is 9.52 Å². The van der Waals surface area contributed by atoms with Crippen molar-refractivity contribution in [3.05, 3.63) is 53.0 Å². The zero-order valence-corrected chi connectivity index (χ0v) is 14.4. The van der Waals surface area contributed by atoms with E-state index in [2.05, 4.69) is 5.32 Å². The number of aliphatic carboxylic acids is 1. The number of anilines is 1. The van der Waals surface area contributed by atoms with Crippen LogP contribution in [0.3, 0.4) is 0 Å². The van der Waals surface area contributed by atoms with Crippen molar-refractivity contribution >= 4 is 17.6 Å². The molecule has 1 aromatic carbocycles. The third kappa shape index (κ3) is 4.29. The first-order valence-electron chi connectivity index (χ1n) is 8.75. The monoisotopic (exact) mass is 341 g/mol. The molecule has 1 fully saturated rings. The third-order valence-corrected chi connectivity index (χ3v) is 4.72. The fourth-order valence-electron chi connectivity index (χ4n) is 3.39. The van der Waals surface area contributed by atoms with E-state index >= 15 is 0 Å². The Morgan fingerprint density at radius 2 is 1.84 bits per heavy atom. The zero-order valence-electron chi connectivity index (χ0n) is 14.4. The first kappa shape index (κ1) is 17.3. The molecule has 1 amide bonds. The lowest BCUT2D eigenvalue weighted by Crippen LogP contribution is -2.12. The summed E-state index contributed by atoms with van der Waals surface area (Å²) < 4.78 is 5.87. The van der Waals surface area contributed by atoms with Crippen LogP contribution in [-0.2, 0) is 11.2 Å². The summed E-state index contributed by atoms with van der Waals surface area (Å²) in [6.45, 7) is 1.89. The Balaban J connectivity index is 1.68. The van der Waals surface area contributed by atoms with Gasteiger partial charge in [0.2, 0.25) is 0 Å². The Morgan fingerprint density at radius 1 is 1.16 bits per heavy atom. The summed E-state index contributed by atoms with van der Waals surface area (Å²) in [6.07, 6.45) is 5.93. The van der Waals surface area contributed by atoms with Gasteiger partial charge in [-0.1, -0.05) is 31.4 Å². The van der Waals surface area contributed by atoms with E-state index in [9.17, 15) is 9.59 Å². The highest BCUT2D eigenvalue weighted by molar-refractivity contribution is 6.03. The van der Waals surface area contributed by atoms with Gasteiger partial charge in [0, 0.05) is 17.2 Å². The second kappa shape index (κ2) is 7.55. The van der Waals surface area contributed by atoms with Crippen LogP contribution in [0.5, 0.6) is 0 Å². The molecule has 132 valence electrons. The lowest BCUT2D eigenvalue weighted by Gasteiger charge is -2.19. The molecule has 2 N–H and O–H groups in total. The van der Waals surface area contributed by atoms with Crippen LogP contribution in [0.4, 0.5) is 5.69 Å². The quantitative estimate of drug-likeness (QED) is 0.838. The minimum atomic E-state index is -0.877. The molecule has 0 unspecified atom stereocenters. The van der Waals surface area contributed by atoms with Crippen LogP contribution in [0.1, 0.15) is 65.5 Å². The van der Waals surface area contributed by atoms with E-state index in [0.29, 0.717) is 22.9 Å². The lowest BCUT2D eigenvalue weighted by atomic mass is 9.87. The summed E-state index contributed by atoms with van der Waals surface area (Å²) in [5.41, 5.74) is 2.16. The largest absolute Gasteiger partial charge is 0.481 e. The van der Waals surface area contributed by atoms with Crippen molar-refractivity contribution in [1.29, 1.82) is 0 Å². The molecule has 1 heterocycles. The summed E-state index contributed by atoms with van der Waals surface area (Å²) in [5.74, 6) is 0.544. The maximum atomic E-state index is 12.5. The average Bonchev–Trinajstić information content (AvgIpc) is 2.99. The van der Waals surface area contributed by atoms with Gasteiger partial charge in [0.05, 0.1) is 6.42 Å². The SMILES string of the molecule is Cc1cc(C2CCCCC2)oc1C(=O)Nc1ccc(CC(=O)O)cc1. The van der Waals surface area contributed by atoms with Crippen molar-refractivity contribution in [2.45, 2.75) is 51.4 Å². The van der Waals surface area contributed by atoms with Gasteiger partial charge in [-0.05, 0) is 43.5 Å². The highest BCUT2D eigenvalue weighted by Gasteiger charge is 2.23. The molecule has 1 aliphatic rings. The van der Waals surface area contributed by atoms with E-state index in [0.717, 1.165) is 24.2 Å². The van der Waals surface area contributed by atoms with Crippen LogP contribution in [0.2, 0.25) is 0 Å². The lowest BCUT2D eigenvalue weighted by molar-refractivity contribution is -0.136. The third-order valence-electron chi connectivity index (χ3n) is 4.72. The van der Waals surface area contributed by atoms with Gasteiger partial charge in [-0.15, -0.1) is 0 Å². The van der Waals surface area contributed by atoms with Gasteiger partial charge in [-0.2, -0.15) is 0 Å². The van der Waals surface area contributed by atoms with Gasteiger partial charge < -0.3 is 14.8 Å². The molecule has 5 nitrogen and oxygen atoms in total. The number of furan rings is 1. The van der Waals surface area contributed by atoms with Gasteiger partial charge in [0.25, 0.3) is 5.91 Å². The molecule has 0 bridgehead atoms. The van der Waals surface area contributed by atoms with Crippen molar-refractivity contribution in [2.75, 3.05) is 5.32 Å². The van der Waals surface area contributed by atoms with Crippen LogP contribution in [0, 0.1) is 6.92 Å². The molecule has 1 aliphatic carbocycles. The number of carboxylic acid groups (broad SMARTS) is 1. The molecular weight excluding hydrogens is 318 g/mol. The Morgan fingerprint density at radius 3 is 2.48 bits per heavy atom. The molecule has 5 heteroatoms. The van der Waals surface area contributed by atoms with Crippen molar-refractivity contribution < 1.29 is 19.1 Å². The highest BCUT2D eigenvalue weighted by atomic mass is 16.4. The van der Waals surface area contributed by atoms with Crippen molar-refractivity contribution in [1.82, 2.24) is 0 Å². The van der Waals surface area contributed by atoms with E-state index in [1.807, 2.05) is 13.0 Å². The number of carbonyl (C=O) groups is 2. The highest BCUT2D eigenvalue weighted by Crippen LogP contribution is 2.34. The summed E-state index contributed by atoms with van der Waals surface area (Å²) in [7, 11) is 0. The normalized spacial score (nSPS) is 15.1. The van der Waals surface area contributed by atoms with E-state index in [1.165, 1.54) is 19.3 Å². The summed E-state index contributed by atoms with van der Waals surface area (Å²) in [6, 6.07) is 8.80. The zero-order chi connectivity index (χ0) is 17.8. The first-order chi connectivity index (χ1) is 12.0. The standard InChI is InChI=1S/C20H23NO4/c1-13-11-17(15-5-3-2-4-6-15)25-19(13)20(24)21-16-9-7-14(8-10-16)12-18(22)23/h7-11,15H,2-6,12H2,1H3,(H,21,24)(H,22,23). The molecule has 1 saturated carbocycles. The molecule has 0 aliphatic heterocycles. The smallest absolute Gasteiger partial charge is 0.307 e. The predicted octanol–water partition coefficient (Wildman–Crippen LogP) is 4.52. The Hall–Kier alpha value is -2.56. The number of carboxylic acids is 1.